The van der Waals surface area contributed by atoms with Gasteiger partial charge in [-0.15, -0.1) is 0 Å². The van der Waals surface area contributed by atoms with Crippen molar-refractivity contribution in [3.05, 3.63) is 60.4 Å². The van der Waals surface area contributed by atoms with Crippen LogP contribution >= 0.6 is 0 Å². The van der Waals surface area contributed by atoms with Crippen LogP contribution in [0.1, 0.15) is 5.56 Å². The van der Waals surface area contributed by atoms with Crippen molar-refractivity contribution >= 4 is 39.1 Å². The van der Waals surface area contributed by atoms with E-state index in [1.54, 1.807) is 36.4 Å². The number of hydrogen-bond acceptors (Lipinski definition) is 9. The van der Waals surface area contributed by atoms with Gasteiger partial charge in [-0.3, -0.25) is 0 Å². The molecule has 4 N–H and O–H groups in total. The Bertz CT molecular complexity index is 1220. The van der Waals surface area contributed by atoms with Crippen molar-refractivity contribution in [1.29, 1.82) is 5.26 Å². The van der Waals surface area contributed by atoms with Gasteiger partial charge in [-0.05, 0) is 48.5 Å². The summed E-state index contributed by atoms with van der Waals surface area (Å²) in [7, 11) is -3.26. The number of nitrogens with zero attached hydrogens (tertiary/aromatic N) is 4. The average molecular weight is 453 g/mol. The largest absolute Gasteiger partial charge is 0.352 e. The highest BCUT2D eigenvalue weighted by Crippen LogP contribution is 2.17. The molecule has 0 aliphatic heterocycles. The monoisotopic (exact) mass is 452 g/mol. The molecule has 1 heterocycles. The van der Waals surface area contributed by atoms with E-state index in [9.17, 15) is 13.2 Å². The second-order valence-electron chi connectivity index (χ2n) is 6.55. The van der Waals surface area contributed by atoms with Gasteiger partial charge in [0.05, 0.1) is 16.5 Å². The number of carbonyl (C=O) groups excluding carboxylic acids is 1. The molecule has 1 aromatic heterocycles. The first-order chi connectivity index (χ1) is 15.3. The molecule has 0 radical (unpaired) electrons. The van der Waals surface area contributed by atoms with Gasteiger partial charge in [0, 0.05) is 30.7 Å². The summed E-state index contributed by atoms with van der Waals surface area (Å²) in [6, 6.07) is 14.4. The first-order valence-corrected chi connectivity index (χ1v) is 11.3. The van der Waals surface area contributed by atoms with Crippen LogP contribution in [-0.4, -0.2) is 48.7 Å². The van der Waals surface area contributed by atoms with Gasteiger partial charge >= 0.3 is 6.03 Å². The van der Waals surface area contributed by atoms with Crippen LogP contribution in [-0.2, 0) is 9.84 Å². The number of anilines is 4. The molecule has 3 aromatic rings. The summed E-state index contributed by atoms with van der Waals surface area (Å²) < 4.78 is 23.1. The van der Waals surface area contributed by atoms with E-state index >= 15 is 0 Å². The third-order valence-corrected chi connectivity index (χ3v) is 5.20. The molecule has 32 heavy (non-hydrogen) atoms. The van der Waals surface area contributed by atoms with E-state index in [4.69, 9.17) is 5.26 Å². The van der Waals surface area contributed by atoms with E-state index in [0.29, 0.717) is 36.0 Å². The number of nitrogens with one attached hydrogen (secondary N) is 4. The summed E-state index contributed by atoms with van der Waals surface area (Å²) in [6.45, 7) is 0.677. The smallest absolute Gasteiger partial charge is 0.319 e. The number of aromatic nitrogens is 3. The molecule has 0 saturated heterocycles. The van der Waals surface area contributed by atoms with Crippen LogP contribution in [0.3, 0.4) is 0 Å². The second-order valence-corrected chi connectivity index (χ2v) is 8.57. The van der Waals surface area contributed by atoms with Gasteiger partial charge in [-0.2, -0.15) is 10.2 Å². The highest BCUT2D eigenvalue weighted by atomic mass is 32.2. The number of amides is 2. The minimum Gasteiger partial charge on any atom is -0.352 e. The molecule has 0 aliphatic carbocycles. The summed E-state index contributed by atoms with van der Waals surface area (Å²) in [5.74, 6) is 0.589. The van der Waals surface area contributed by atoms with Gasteiger partial charge in [0.2, 0.25) is 11.9 Å². The van der Waals surface area contributed by atoms with Gasteiger partial charge < -0.3 is 21.3 Å². The molecular weight excluding hydrogens is 432 g/mol. The highest BCUT2D eigenvalue weighted by Gasteiger charge is 2.07. The predicted octanol–water partition coefficient (Wildman–Crippen LogP) is 2.12. The van der Waals surface area contributed by atoms with Crippen molar-refractivity contribution < 1.29 is 13.2 Å². The maximum Gasteiger partial charge on any atom is 0.319 e. The Morgan fingerprint density at radius 3 is 2.28 bits per heavy atom. The van der Waals surface area contributed by atoms with Crippen LogP contribution in [0.15, 0.2) is 59.8 Å². The maximum absolute atomic E-state index is 11.9. The van der Waals surface area contributed by atoms with Crippen LogP contribution < -0.4 is 21.3 Å². The van der Waals surface area contributed by atoms with Crippen LogP contribution in [0.2, 0.25) is 0 Å². The Kier molecular flexibility index (Phi) is 7.14. The topological polar surface area (TPSA) is 162 Å². The molecule has 0 bridgehead atoms. The fraction of sp³-hybridized carbons (Fsp3) is 0.150. The van der Waals surface area contributed by atoms with Crippen molar-refractivity contribution in [3.63, 3.8) is 0 Å². The first kappa shape index (κ1) is 22.4. The van der Waals surface area contributed by atoms with Crippen LogP contribution in [0.25, 0.3) is 0 Å². The SMILES string of the molecule is CS(=O)(=O)c1ccc(Nc2ncnc(NCCNC(=O)Nc3ccc(C#N)cc3)n2)cc1. The van der Waals surface area contributed by atoms with Gasteiger partial charge in [0.25, 0.3) is 0 Å². The van der Waals surface area contributed by atoms with Gasteiger partial charge in [0.1, 0.15) is 6.33 Å². The van der Waals surface area contributed by atoms with Crippen LogP contribution in [0.5, 0.6) is 0 Å². The zero-order chi connectivity index (χ0) is 23.0. The number of rotatable bonds is 8. The lowest BCUT2D eigenvalue weighted by Crippen LogP contribution is -2.32. The minimum absolute atomic E-state index is 0.219. The predicted molar refractivity (Wildman–Crippen MR) is 119 cm³/mol. The summed E-state index contributed by atoms with van der Waals surface area (Å²) >= 11 is 0. The normalized spacial score (nSPS) is 10.6. The summed E-state index contributed by atoms with van der Waals surface area (Å²) in [5.41, 5.74) is 1.71. The summed E-state index contributed by atoms with van der Waals surface area (Å²) in [5, 5.41) is 20.1. The molecule has 0 fully saturated rings. The fourth-order valence-electron chi connectivity index (χ4n) is 2.51. The molecule has 2 amide bonds. The van der Waals surface area contributed by atoms with E-state index < -0.39 is 9.84 Å². The number of urea groups is 1. The zero-order valence-corrected chi connectivity index (χ0v) is 17.8. The average Bonchev–Trinajstić information content (AvgIpc) is 2.77. The van der Waals surface area contributed by atoms with Crippen LogP contribution in [0, 0.1) is 11.3 Å². The Balaban J connectivity index is 1.45. The third kappa shape index (κ3) is 6.64. The third-order valence-electron chi connectivity index (χ3n) is 4.08. The first-order valence-electron chi connectivity index (χ1n) is 9.38. The molecule has 164 valence electrons. The van der Waals surface area contributed by atoms with Gasteiger partial charge in [0.15, 0.2) is 9.84 Å². The van der Waals surface area contributed by atoms with E-state index in [2.05, 4.69) is 36.2 Å². The van der Waals surface area contributed by atoms with E-state index in [0.717, 1.165) is 6.26 Å². The molecule has 0 atom stereocenters. The molecule has 12 heteroatoms. The van der Waals surface area contributed by atoms with Crippen molar-refractivity contribution in [2.45, 2.75) is 4.90 Å². The molecule has 0 saturated carbocycles. The lowest BCUT2D eigenvalue weighted by molar-refractivity contribution is 0.252. The van der Waals surface area contributed by atoms with E-state index in [-0.39, 0.29) is 16.9 Å². The quantitative estimate of drug-likeness (QED) is 0.375. The van der Waals surface area contributed by atoms with Crippen molar-refractivity contribution in [2.24, 2.45) is 0 Å². The van der Waals surface area contributed by atoms with E-state index in [1.165, 1.54) is 18.5 Å². The van der Waals surface area contributed by atoms with Crippen molar-refractivity contribution in [3.8, 4) is 6.07 Å². The lowest BCUT2D eigenvalue weighted by Gasteiger charge is -2.09. The summed E-state index contributed by atoms with van der Waals surface area (Å²) in [4.78, 5) is 24.4. The number of nitriles is 1. The molecule has 11 nitrogen and oxygen atoms in total. The standard InChI is InChI=1S/C20H20N8O3S/c1-32(30,31)17-8-6-15(7-9-17)26-19-25-13-24-18(28-19)22-10-11-23-20(29)27-16-4-2-14(12-21)3-5-16/h2-9,13H,10-11H2,1H3,(H2,23,27,29)(H2,22,24,25,26,28). The number of benzene rings is 2. The number of sulfone groups is 1. The Labute approximate surface area is 184 Å². The second kappa shape index (κ2) is 10.2. The van der Waals surface area contributed by atoms with Crippen molar-refractivity contribution in [1.82, 2.24) is 20.3 Å². The highest BCUT2D eigenvalue weighted by molar-refractivity contribution is 7.90. The molecule has 0 aliphatic rings. The van der Waals surface area contributed by atoms with E-state index in [1.807, 2.05) is 6.07 Å². The molecular formula is C20H20N8O3S. The van der Waals surface area contributed by atoms with Gasteiger partial charge in [-0.1, -0.05) is 0 Å². The Morgan fingerprint density at radius 1 is 0.969 bits per heavy atom. The molecule has 2 aromatic carbocycles. The molecule has 0 spiro atoms. The van der Waals surface area contributed by atoms with Gasteiger partial charge in [-0.25, -0.2) is 23.2 Å². The zero-order valence-electron chi connectivity index (χ0n) is 17.0. The lowest BCUT2D eigenvalue weighted by atomic mass is 10.2. The minimum atomic E-state index is -3.26. The number of carbonyl (C=O) groups is 1. The fourth-order valence-corrected chi connectivity index (χ4v) is 3.14. The van der Waals surface area contributed by atoms with Crippen molar-refractivity contribution in [2.75, 3.05) is 35.3 Å². The van der Waals surface area contributed by atoms with Crippen LogP contribution in [0.4, 0.5) is 28.1 Å². The summed E-state index contributed by atoms with van der Waals surface area (Å²) in [6.07, 6.45) is 2.47. The Morgan fingerprint density at radius 2 is 1.62 bits per heavy atom. The number of hydrogen-bond donors (Lipinski definition) is 4. The maximum atomic E-state index is 11.9. The molecule has 3 rings (SSSR count). The molecule has 0 unspecified atom stereocenters. The Hall–Kier alpha value is -4.24.